The Hall–Kier alpha value is -2.95. The molecule has 1 amide bonds. The molecule has 2 rings (SSSR count). The number of sulfonamides is 1. The molecule has 0 radical (unpaired) electrons. The van der Waals surface area contributed by atoms with Crippen LogP contribution in [0.25, 0.3) is 0 Å². The number of rotatable bonds is 9. The number of oxime groups is 1. The normalized spacial score (nSPS) is 12.2. The molecule has 0 heterocycles. The van der Waals surface area contributed by atoms with E-state index in [1.165, 1.54) is 34.1 Å². The third kappa shape index (κ3) is 6.01. The van der Waals surface area contributed by atoms with Gasteiger partial charge in [0.25, 0.3) is 0 Å². The van der Waals surface area contributed by atoms with Gasteiger partial charge in [0.05, 0.1) is 4.90 Å². The van der Waals surface area contributed by atoms with Crippen LogP contribution in [0.4, 0.5) is 0 Å². The fourth-order valence-electron chi connectivity index (χ4n) is 2.65. The van der Waals surface area contributed by atoms with E-state index in [0.717, 1.165) is 11.1 Å². The number of amides is 1. The number of nitrogens with one attached hydrogen (secondary N) is 1. The average molecular weight is 420 g/mol. The van der Waals surface area contributed by atoms with Crippen LogP contribution in [0.2, 0.25) is 0 Å². The quantitative estimate of drug-likeness (QED) is 0.158. The molecule has 5 N–H and O–H groups in total. The summed E-state index contributed by atoms with van der Waals surface area (Å²) in [6, 6.07) is 13.3. The smallest absolute Gasteiger partial charge is 0.244 e. The first-order chi connectivity index (χ1) is 13.8. The molecular weight excluding hydrogens is 396 g/mol. The van der Waals surface area contributed by atoms with Crippen molar-refractivity contribution in [1.29, 1.82) is 0 Å². The predicted octanol–water partition coefficient (Wildman–Crippen LogP) is 1.22. The van der Waals surface area contributed by atoms with E-state index in [-0.39, 0.29) is 30.2 Å². The summed E-state index contributed by atoms with van der Waals surface area (Å²) >= 11 is 0. The number of hydrogen-bond donors (Lipinski definition) is 4. The highest BCUT2D eigenvalue weighted by molar-refractivity contribution is 7.89. The first kappa shape index (κ1) is 22.3. The summed E-state index contributed by atoms with van der Waals surface area (Å²) in [4.78, 5) is 11.4. The van der Waals surface area contributed by atoms with Crippen LogP contribution in [-0.4, -0.2) is 48.0 Å². The minimum atomic E-state index is -3.90. The van der Waals surface area contributed by atoms with Gasteiger partial charge in [0.15, 0.2) is 5.84 Å². The van der Waals surface area contributed by atoms with Gasteiger partial charge in [0, 0.05) is 25.1 Å². The summed E-state index contributed by atoms with van der Waals surface area (Å²) < 4.78 is 27.4. The number of benzene rings is 2. The lowest BCUT2D eigenvalue weighted by Gasteiger charge is -2.22. The second kappa shape index (κ2) is 10.0. The van der Waals surface area contributed by atoms with Crippen LogP contribution in [0.1, 0.15) is 23.1 Å². The van der Waals surface area contributed by atoms with Gasteiger partial charge in [-0.05, 0) is 43.2 Å². The number of nitrogens with zero attached hydrogens (tertiary/aromatic N) is 2. The van der Waals surface area contributed by atoms with E-state index in [2.05, 4.69) is 5.16 Å². The molecule has 9 nitrogen and oxygen atoms in total. The van der Waals surface area contributed by atoms with Crippen molar-refractivity contribution in [2.45, 2.75) is 24.7 Å². The topological polar surface area (TPSA) is 145 Å². The highest BCUT2D eigenvalue weighted by Crippen LogP contribution is 2.18. The highest BCUT2D eigenvalue weighted by Gasteiger charge is 2.25. The first-order valence-electron chi connectivity index (χ1n) is 8.84. The summed E-state index contributed by atoms with van der Waals surface area (Å²) in [7, 11) is -3.90. The number of nitrogens with two attached hydrogens (primary N) is 1. The van der Waals surface area contributed by atoms with Gasteiger partial charge in [-0.3, -0.25) is 10.0 Å². The number of amidine groups is 1. The van der Waals surface area contributed by atoms with E-state index in [0.29, 0.717) is 12.0 Å². The van der Waals surface area contributed by atoms with Crippen LogP contribution in [-0.2, 0) is 21.2 Å². The molecule has 0 unspecified atom stereocenters. The van der Waals surface area contributed by atoms with E-state index >= 15 is 0 Å². The third-order valence-electron chi connectivity index (χ3n) is 4.38. The predicted molar refractivity (Wildman–Crippen MR) is 107 cm³/mol. The zero-order chi connectivity index (χ0) is 21.4. The fourth-order valence-corrected chi connectivity index (χ4v) is 4.09. The molecule has 0 spiro atoms. The van der Waals surface area contributed by atoms with Gasteiger partial charge in [0.1, 0.15) is 0 Å². The molecule has 0 aliphatic carbocycles. The Balaban J connectivity index is 2.24. The van der Waals surface area contributed by atoms with E-state index in [4.69, 9.17) is 16.1 Å². The van der Waals surface area contributed by atoms with Crippen molar-refractivity contribution in [2.24, 2.45) is 10.9 Å². The lowest BCUT2D eigenvalue weighted by molar-refractivity contribution is -0.129. The summed E-state index contributed by atoms with van der Waals surface area (Å²) in [6.07, 6.45) is 0.272. The maximum absolute atomic E-state index is 13.1. The molecule has 0 aliphatic rings. The summed E-state index contributed by atoms with van der Waals surface area (Å²) in [6.45, 7) is 2.03. The van der Waals surface area contributed by atoms with Gasteiger partial charge in [-0.2, -0.15) is 4.31 Å². The Morgan fingerprint density at radius 1 is 1.10 bits per heavy atom. The Kier molecular flexibility index (Phi) is 7.71. The van der Waals surface area contributed by atoms with Gasteiger partial charge < -0.3 is 10.9 Å². The molecule has 0 aliphatic heterocycles. The van der Waals surface area contributed by atoms with Gasteiger partial charge in [-0.25, -0.2) is 13.9 Å². The Morgan fingerprint density at radius 2 is 1.72 bits per heavy atom. The van der Waals surface area contributed by atoms with Crippen molar-refractivity contribution in [2.75, 3.05) is 13.1 Å². The first-order valence-corrected chi connectivity index (χ1v) is 10.3. The Labute approximate surface area is 169 Å². The SMILES string of the molecule is Cc1ccc(CCN(CCC(=O)NO)S(=O)(=O)c2ccc(/C(N)=N\O)cc2)cc1. The van der Waals surface area contributed by atoms with E-state index in [1.54, 1.807) is 0 Å². The molecule has 0 saturated heterocycles. The van der Waals surface area contributed by atoms with Crippen LogP contribution in [0.5, 0.6) is 0 Å². The zero-order valence-electron chi connectivity index (χ0n) is 15.9. The van der Waals surface area contributed by atoms with E-state index < -0.39 is 15.9 Å². The molecule has 10 heteroatoms. The van der Waals surface area contributed by atoms with Crippen LogP contribution in [0, 0.1) is 6.92 Å². The summed E-state index contributed by atoms with van der Waals surface area (Å²) in [5.74, 6) is -0.812. The highest BCUT2D eigenvalue weighted by atomic mass is 32.2. The van der Waals surface area contributed by atoms with Gasteiger partial charge in [0.2, 0.25) is 15.9 Å². The number of hydrogen-bond acceptors (Lipinski definition) is 6. The molecule has 2 aromatic carbocycles. The summed E-state index contributed by atoms with van der Waals surface area (Å²) in [5, 5.41) is 20.3. The van der Waals surface area contributed by atoms with Crippen LogP contribution in [0.15, 0.2) is 58.6 Å². The summed E-state index contributed by atoms with van der Waals surface area (Å²) in [5.41, 5.74) is 9.45. The standard InChI is InChI=1S/C19H24N4O5S/c1-14-2-4-15(5-3-14)10-12-23(13-11-18(24)21-25)29(27,28)17-8-6-16(7-9-17)19(20)22-26/h2-9,25-26H,10-13H2,1H3,(H2,20,22)(H,21,24). The van der Waals surface area contributed by atoms with E-state index in [9.17, 15) is 13.2 Å². The van der Waals surface area contributed by atoms with Gasteiger partial charge in [-0.15, -0.1) is 0 Å². The molecule has 156 valence electrons. The maximum Gasteiger partial charge on any atom is 0.244 e. The molecular formula is C19H24N4O5S. The number of carbonyl (C=O) groups is 1. The van der Waals surface area contributed by atoms with Crippen molar-refractivity contribution >= 4 is 21.8 Å². The van der Waals surface area contributed by atoms with Gasteiger partial charge >= 0.3 is 0 Å². The molecule has 0 bridgehead atoms. The van der Waals surface area contributed by atoms with Crippen molar-refractivity contribution in [1.82, 2.24) is 9.79 Å². The largest absolute Gasteiger partial charge is 0.409 e. The second-order valence-electron chi connectivity index (χ2n) is 6.43. The molecule has 0 fully saturated rings. The van der Waals surface area contributed by atoms with Crippen molar-refractivity contribution < 1.29 is 23.6 Å². The Bertz CT molecular complexity index is 957. The number of hydroxylamine groups is 1. The van der Waals surface area contributed by atoms with Crippen LogP contribution in [0.3, 0.4) is 0 Å². The number of aryl methyl sites for hydroxylation is 1. The van der Waals surface area contributed by atoms with Gasteiger partial charge in [-0.1, -0.05) is 35.0 Å². The fraction of sp³-hybridized carbons (Fsp3) is 0.263. The lowest BCUT2D eigenvalue weighted by atomic mass is 10.1. The average Bonchev–Trinajstić information content (AvgIpc) is 2.74. The van der Waals surface area contributed by atoms with E-state index in [1.807, 2.05) is 31.2 Å². The van der Waals surface area contributed by atoms with Crippen LogP contribution >= 0.6 is 0 Å². The third-order valence-corrected chi connectivity index (χ3v) is 6.29. The number of carbonyl (C=O) groups excluding carboxylic acids is 1. The van der Waals surface area contributed by atoms with Crippen molar-refractivity contribution in [3.8, 4) is 0 Å². The molecule has 0 aromatic heterocycles. The molecule has 0 saturated carbocycles. The minimum absolute atomic E-state index is 0.0142. The maximum atomic E-state index is 13.1. The van der Waals surface area contributed by atoms with Crippen LogP contribution < -0.4 is 11.2 Å². The molecule has 29 heavy (non-hydrogen) atoms. The Morgan fingerprint density at radius 3 is 2.28 bits per heavy atom. The molecule has 2 aromatic rings. The van der Waals surface area contributed by atoms with Crippen molar-refractivity contribution in [3.63, 3.8) is 0 Å². The lowest BCUT2D eigenvalue weighted by Crippen LogP contribution is -2.36. The second-order valence-corrected chi connectivity index (χ2v) is 8.37. The van der Waals surface area contributed by atoms with Crippen molar-refractivity contribution in [3.05, 3.63) is 65.2 Å². The molecule has 0 atom stereocenters. The monoisotopic (exact) mass is 420 g/mol. The zero-order valence-corrected chi connectivity index (χ0v) is 16.8. The minimum Gasteiger partial charge on any atom is -0.409 e.